The monoisotopic (exact) mass is 255 g/mol. The van der Waals surface area contributed by atoms with Crippen LogP contribution in [-0.2, 0) is 0 Å². The fourth-order valence-corrected chi connectivity index (χ4v) is 1.86. The zero-order valence-electron chi connectivity index (χ0n) is 7.88. The molecule has 6 heteroatoms. The molecule has 0 fully saturated rings. The van der Waals surface area contributed by atoms with Crippen LogP contribution in [0.25, 0.3) is 0 Å². The number of nitrogens with zero attached hydrogens (tertiary/aromatic N) is 1. The van der Waals surface area contributed by atoms with Gasteiger partial charge in [-0.2, -0.15) is 0 Å². The zero-order chi connectivity index (χ0) is 11.5. The van der Waals surface area contributed by atoms with Crippen molar-refractivity contribution in [2.45, 2.75) is 0 Å². The highest BCUT2D eigenvalue weighted by molar-refractivity contribution is 7.12. The molecule has 0 aromatic carbocycles. The van der Waals surface area contributed by atoms with Crippen LogP contribution in [0.4, 0.5) is 0 Å². The van der Waals surface area contributed by atoms with Gasteiger partial charge < -0.3 is 9.84 Å². The third kappa shape index (κ3) is 2.32. The number of pyridine rings is 1. The molecule has 0 saturated carbocycles. The Morgan fingerprint density at radius 2 is 2.38 bits per heavy atom. The number of thiophene rings is 1. The average Bonchev–Trinajstić information content (AvgIpc) is 2.70. The summed E-state index contributed by atoms with van der Waals surface area (Å²) in [4.78, 5) is 14.7. The highest BCUT2D eigenvalue weighted by Crippen LogP contribution is 2.30. The fourth-order valence-electron chi connectivity index (χ4n) is 1.06. The van der Waals surface area contributed by atoms with Gasteiger partial charge in [0.15, 0.2) is 0 Å². The lowest BCUT2D eigenvalue weighted by Gasteiger charge is -2.03. The minimum Gasteiger partial charge on any atom is -0.477 e. The van der Waals surface area contributed by atoms with Gasteiger partial charge in [0.2, 0.25) is 0 Å². The summed E-state index contributed by atoms with van der Waals surface area (Å²) in [5, 5.41) is 10.7. The van der Waals surface area contributed by atoms with Crippen molar-refractivity contribution in [2.24, 2.45) is 0 Å². The Kier molecular flexibility index (Phi) is 3.07. The molecule has 82 valence electrons. The van der Waals surface area contributed by atoms with Crippen LogP contribution in [0.15, 0.2) is 29.9 Å². The normalized spacial score (nSPS) is 10.1. The maximum atomic E-state index is 10.7. The van der Waals surface area contributed by atoms with E-state index in [0.29, 0.717) is 16.5 Å². The first-order chi connectivity index (χ1) is 7.66. The quantitative estimate of drug-likeness (QED) is 0.914. The molecule has 0 aliphatic rings. The summed E-state index contributed by atoms with van der Waals surface area (Å²) in [5.74, 6) is -0.0671. The van der Waals surface area contributed by atoms with Crippen molar-refractivity contribution in [2.75, 3.05) is 0 Å². The van der Waals surface area contributed by atoms with Crippen LogP contribution in [0.2, 0.25) is 5.02 Å². The molecule has 0 spiro atoms. The molecule has 0 radical (unpaired) electrons. The lowest BCUT2D eigenvalue weighted by Crippen LogP contribution is -1.90. The number of carboxylic acid groups (broad SMARTS) is 1. The Morgan fingerprint density at radius 3 is 3.00 bits per heavy atom. The van der Waals surface area contributed by atoms with Crippen LogP contribution >= 0.6 is 22.9 Å². The Bertz CT molecular complexity index is 526. The number of ether oxygens (including phenoxy) is 1. The molecular formula is C10H6ClNO3S. The largest absolute Gasteiger partial charge is 0.477 e. The van der Waals surface area contributed by atoms with E-state index in [1.807, 2.05) is 0 Å². The van der Waals surface area contributed by atoms with Gasteiger partial charge in [0, 0.05) is 29.9 Å². The maximum absolute atomic E-state index is 10.7. The topological polar surface area (TPSA) is 59.4 Å². The van der Waals surface area contributed by atoms with Crippen molar-refractivity contribution in [1.82, 2.24) is 4.98 Å². The molecule has 0 aliphatic heterocycles. The van der Waals surface area contributed by atoms with E-state index in [1.165, 1.54) is 12.3 Å². The number of aromatic carboxylic acids is 1. The smallest absolute Gasteiger partial charge is 0.346 e. The van der Waals surface area contributed by atoms with Gasteiger partial charge in [-0.05, 0) is 0 Å². The highest BCUT2D eigenvalue weighted by atomic mass is 35.5. The van der Waals surface area contributed by atoms with Crippen molar-refractivity contribution in [3.63, 3.8) is 0 Å². The number of rotatable bonds is 3. The molecule has 1 N–H and O–H groups in total. The van der Waals surface area contributed by atoms with Crippen molar-refractivity contribution in [1.29, 1.82) is 0 Å². The summed E-state index contributed by atoms with van der Waals surface area (Å²) in [6.45, 7) is 0. The first-order valence-electron chi connectivity index (χ1n) is 4.26. The van der Waals surface area contributed by atoms with Crippen molar-refractivity contribution >= 4 is 28.9 Å². The molecule has 0 saturated heterocycles. The van der Waals surface area contributed by atoms with Gasteiger partial charge in [-0.15, -0.1) is 11.3 Å². The molecule has 2 heterocycles. The van der Waals surface area contributed by atoms with E-state index in [4.69, 9.17) is 21.4 Å². The highest BCUT2D eigenvalue weighted by Gasteiger charge is 2.09. The predicted octanol–water partition coefficient (Wildman–Crippen LogP) is 3.29. The Balaban J connectivity index is 2.21. The van der Waals surface area contributed by atoms with Gasteiger partial charge in [-0.1, -0.05) is 11.6 Å². The van der Waals surface area contributed by atoms with E-state index in [2.05, 4.69) is 4.98 Å². The van der Waals surface area contributed by atoms with Crippen LogP contribution < -0.4 is 4.74 Å². The minimum atomic E-state index is -0.972. The van der Waals surface area contributed by atoms with Gasteiger partial charge in [0.05, 0.1) is 0 Å². The second-order valence-corrected chi connectivity index (χ2v) is 4.18. The van der Waals surface area contributed by atoms with E-state index in [-0.39, 0.29) is 4.88 Å². The summed E-state index contributed by atoms with van der Waals surface area (Å²) in [7, 11) is 0. The number of carboxylic acids is 1. The van der Waals surface area contributed by atoms with E-state index in [0.717, 1.165) is 11.3 Å². The molecule has 16 heavy (non-hydrogen) atoms. The lowest BCUT2D eigenvalue weighted by molar-refractivity contribution is 0.0702. The number of halogens is 1. The molecule has 2 aromatic heterocycles. The number of carbonyl (C=O) groups is 1. The van der Waals surface area contributed by atoms with Crippen LogP contribution in [0.1, 0.15) is 9.67 Å². The van der Waals surface area contributed by atoms with Gasteiger partial charge in [-0.3, -0.25) is 4.98 Å². The van der Waals surface area contributed by atoms with Gasteiger partial charge in [0.25, 0.3) is 0 Å². The standard InChI is InChI=1S/C10H6ClNO3S/c11-7-4-12-2-1-8(7)15-6-3-9(10(13)14)16-5-6/h1-5H,(H,13,14). The van der Waals surface area contributed by atoms with Gasteiger partial charge in [0.1, 0.15) is 21.4 Å². The first-order valence-corrected chi connectivity index (χ1v) is 5.52. The summed E-state index contributed by atoms with van der Waals surface area (Å²) >= 11 is 6.94. The van der Waals surface area contributed by atoms with Crippen LogP contribution in [0, 0.1) is 0 Å². The van der Waals surface area contributed by atoms with Crippen LogP contribution in [0.5, 0.6) is 11.5 Å². The average molecular weight is 256 g/mol. The molecule has 0 unspecified atom stereocenters. The van der Waals surface area contributed by atoms with E-state index in [9.17, 15) is 4.79 Å². The second-order valence-electron chi connectivity index (χ2n) is 2.86. The molecule has 4 nitrogen and oxygen atoms in total. The fraction of sp³-hybridized carbons (Fsp3) is 0. The van der Waals surface area contributed by atoms with Crippen molar-refractivity contribution in [3.8, 4) is 11.5 Å². The minimum absolute atomic E-state index is 0.222. The maximum Gasteiger partial charge on any atom is 0.346 e. The zero-order valence-corrected chi connectivity index (χ0v) is 9.46. The van der Waals surface area contributed by atoms with Crippen LogP contribution in [-0.4, -0.2) is 16.1 Å². The van der Waals surface area contributed by atoms with E-state index in [1.54, 1.807) is 17.6 Å². The summed E-state index contributed by atoms with van der Waals surface area (Å²) < 4.78 is 5.42. The van der Waals surface area contributed by atoms with Crippen molar-refractivity contribution < 1.29 is 14.6 Å². The second kappa shape index (κ2) is 4.51. The Labute approximate surface area is 100 Å². The van der Waals surface area contributed by atoms with Gasteiger partial charge >= 0.3 is 5.97 Å². The van der Waals surface area contributed by atoms with E-state index >= 15 is 0 Å². The summed E-state index contributed by atoms with van der Waals surface area (Å²) in [5.41, 5.74) is 0. The molecule has 2 rings (SSSR count). The Morgan fingerprint density at radius 1 is 1.56 bits per heavy atom. The summed E-state index contributed by atoms with van der Waals surface area (Å²) in [6.07, 6.45) is 3.01. The lowest BCUT2D eigenvalue weighted by atomic mass is 10.4. The SMILES string of the molecule is O=C(O)c1cc(Oc2ccncc2Cl)cs1. The number of aromatic nitrogens is 1. The number of hydrogen-bond acceptors (Lipinski definition) is 4. The first kappa shape index (κ1) is 10.9. The van der Waals surface area contributed by atoms with Crippen LogP contribution in [0.3, 0.4) is 0 Å². The molecule has 0 atom stereocenters. The molecular weight excluding hydrogens is 250 g/mol. The van der Waals surface area contributed by atoms with Crippen molar-refractivity contribution in [3.05, 3.63) is 39.8 Å². The van der Waals surface area contributed by atoms with Gasteiger partial charge in [-0.25, -0.2) is 4.79 Å². The molecule has 0 amide bonds. The molecule has 2 aromatic rings. The third-order valence-electron chi connectivity index (χ3n) is 1.75. The third-order valence-corrected chi connectivity index (χ3v) is 2.93. The molecule has 0 aliphatic carbocycles. The number of hydrogen-bond donors (Lipinski definition) is 1. The predicted molar refractivity (Wildman–Crippen MR) is 60.6 cm³/mol. The van der Waals surface area contributed by atoms with E-state index < -0.39 is 5.97 Å². The molecule has 0 bridgehead atoms. The Hall–Kier alpha value is -1.59. The summed E-state index contributed by atoms with van der Waals surface area (Å²) in [6, 6.07) is 3.06.